The zero-order valence-corrected chi connectivity index (χ0v) is 15.7. The molecule has 0 aliphatic rings. The maximum atomic E-state index is 5.22. The number of hydrogen-bond acceptors (Lipinski definition) is 6. The molecule has 0 N–H and O–H groups in total. The first-order chi connectivity index (χ1) is 12.1. The summed E-state index contributed by atoms with van der Waals surface area (Å²) in [5.41, 5.74) is 3.15. The van der Waals surface area contributed by atoms with Gasteiger partial charge in [0.05, 0.1) is 23.2 Å². The predicted octanol–water partition coefficient (Wildman–Crippen LogP) is 2.98. The Balaban J connectivity index is 1.86. The van der Waals surface area contributed by atoms with Gasteiger partial charge in [-0.15, -0.1) is 5.10 Å². The SMILES string of the molecule is COCCn1c(S[C@H](C)c2nnnn2-c2ccccc2)nc(C)c1C. The van der Waals surface area contributed by atoms with E-state index in [2.05, 4.69) is 33.9 Å². The molecule has 132 valence electrons. The Morgan fingerprint density at radius 3 is 2.68 bits per heavy atom. The molecule has 8 heteroatoms. The normalized spacial score (nSPS) is 12.5. The second kappa shape index (κ2) is 7.79. The van der Waals surface area contributed by atoms with Crippen LogP contribution in [0.4, 0.5) is 0 Å². The minimum Gasteiger partial charge on any atom is -0.383 e. The molecule has 2 aromatic heterocycles. The largest absolute Gasteiger partial charge is 0.383 e. The van der Waals surface area contributed by atoms with Crippen LogP contribution in [-0.4, -0.2) is 43.5 Å². The highest BCUT2D eigenvalue weighted by Crippen LogP contribution is 2.34. The molecule has 1 aromatic carbocycles. The first kappa shape index (κ1) is 17.6. The molecule has 0 aliphatic heterocycles. The lowest BCUT2D eigenvalue weighted by molar-refractivity contribution is 0.184. The van der Waals surface area contributed by atoms with Crippen LogP contribution in [0.15, 0.2) is 35.5 Å². The average Bonchev–Trinajstić information content (AvgIpc) is 3.20. The van der Waals surface area contributed by atoms with Crippen molar-refractivity contribution in [3.05, 3.63) is 47.5 Å². The van der Waals surface area contributed by atoms with Crippen molar-refractivity contribution in [1.82, 2.24) is 29.8 Å². The van der Waals surface area contributed by atoms with E-state index in [1.807, 2.05) is 37.3 Å². The number of ether oxygens (including phenoxy) is 1. The molecule has 3 aromatic rings. The van der Waals surface area contributed by atoms with Crippen molar-refractivity contribution in [3.63, 3.8) is 0 Å². The van der Waals surface area contributed by atoms with E-state index in [0.29, 0.717) is 6.61 Å². The zero-order valence-electron chi connectivity index (χ0n) is 14.9. The van der Waals surface area contributed by atoms with E-state index in [1.165, 1.54) is 0 Å². The number of aryl methyl sites for hydroxylation is 1. The molecule has 0 unspecified atom stereocenters. The van der Waals surface area contributed by atoms with Gasteiger partial charge in [-0.2, -0.15) is 4.68 Å². The summed E-state index contributed by atoms with van der Waals surface area (Å²) in [4.78, 5) is 4.71. The van der Waals surface area contributed by atoms with E-state index in [1.54, 1.807) is 23.6 Å². The van der Waals surface area contributed by atoms with Crippen LogP contribution in [0.3, 0.4) is 0 Å². The van der Waals surface area contributed by atoms with Crippen molar-refractivity contribution in [2.45, 2.75) is 37.7 Å². The number of tetrazole rings is 1. The van der Waals surface area contributed by atoms with Gasteiger partial charge in [0, 0.05) is 19.3 Å². The predicted molar refractivity (Wildman–Crippen MR) is 97.0 cm³/mol. The minimum absolute atomic E-state index is 0.0534. The Kier molecular flexibility index (Phi) is 5.50. The second-order valence-corrected chi connectivity index (χ2v) is 7.06. The standard InChI is InChI=1S/C17H22N6OS/c1-12-13(2)22(10-11-24-4)17(18-12)25-14(3)16-19-20-21-23(16)15-8-6-5-7-9-15/h5-9,14H,10-11H2,1-4H3/t14-/m1/s1. The van der Waals surface area contributed by atoms with Crippen molar-refractivity contribution in [3.8, 4) is 5.69 Å². The third-order valence-corrected chi connectivity index (χ3v) is 5.17. The summed E-state index contributed by atoms with van der Waals surface area (Å²) in [5.74, 6) is 0.799. The van der Waals surface area contributed by atoms with Gasteiger partial charge in [-0.3, -0.25) is 0 Å². The second-order valence-electron chi connectivity index (χ2n) is 5.75. The number of imidazole rings is 1. The maximum Gasteiger partial charge on any atom is 0.169 e. The fourth-order valence-electron chi connectivity index (χ4n) is 2.57. The van der Waals surface area contributed by atoms with Gasteiger partial charge in [0.1, 0.15) is 0 Å². The van der Waals surface area contributed by atoms with Crippen molar-refractivity contribution in [2.75, 3.05) is 13.7 Å². The highest BCUT2D eigenvalue weighted by Gasteiger charge is 2.21. The summed E-state index contributed by atoms with van der Waals surface area (Å²) in [6, 6.07) is 9.91. The Morgan fingerprint density at radius 1 is 1.20 bits per heavy atom. The van der Waals surface area contributed by atoms with E-state index in [0.717, 1.165) is 34.6 Å². The van der Waals surface area contributed by atoms with Crippen LogP contribution in [0.25, 0.3) is 5.69 Å². The lowest BCUT2D eigenvalue weighted by Gasteiger charge is -2.13. The lowest BCUT2D eigenvalue weighted by atomic mass is 10.3. The smallest absolute Gasteiger partial charge is 0.169 e. The molecule has 2 heterocycles. The van der Waals surface area contributed by atoms with Crippen LogP contribution in [0.1, 0.15) is 29.4 Å². The molecule has 0 fully saturated rings. The number of methoxy groups -OCH3 is 1. The molecule has 0 bridgehead atoms. The molecule has 0 amide bonds. The highest BCUT2D eigenvalue weighted by molar-refractivity contribution is 7.99. The summed E-state index contributed by atoms with van der Waals surface area (Å²) < 4.78 is 9.19. The first-order valence-electron chi connectivity index (χ1n) is 8.14. The minimum atomic E-state index is 0.0534. The van der Waals surface area contributed by atoms with E-state index in [-0.39, 0.29) is 5.25 Å². The van der Waals surface area contributed by atoms with Crippen LogP contribution >= 0.6 is 11.8 Å². The number of para-hydroxylation sites is 1. The fourth-order valence-corrected chi connectivity index (χ4v) is 3.68. The van der Waals surface area contributed by atoms with E-state index < -0.39 is 0 Å². The quantitative estimate of drug-likeness (QED) is 0.605. The van der Waals surface area contributed by atoms with Gasteiger partial charge in [-0.05, 0) is 43.3 Å². The number of aromatic nitrogens is 6. The van der Waals surface area contributed by atoms with Crippen molar-refractivity contribution in [1.29, 1.82) is 0 Å². The number of rotatable bonds is 7. The molecule has 0 aliphatic carbocycles. The average molecular weight is 358 g/mol. The topological polar surface area (TPSA) is 70.7 Å². The molecular weight excluding hydrogens is 336 g/mol. The monoisotopic (exact) mass is 358 g/mol. The highest BCUT2D eigenvalue weighted by atomic mass is 32.2. The molecule has 1 atom stereocenters. The first-order valence-corrected chi connectivity index (χ1v) is 9.02. The Morgan fingerprint density at radius 2 is 1.96 bits per heavy atom. The molecule has 0 spiro atoms. The number of nitrogens with zero attached hydrogens (tertiary/aromatic N) is 6. The molecule has 0 saturated carbocycles. The van der Waals surface area contributed by atoms with Crippen molar-refractivity contribution >= 4 is 11.8 Å². The van der Waals surface area contributed by atoms with Gasteiger partial charge in [-0.25, -0.2) is 4.98 Å². The summed E-state index contributed by atoms with van der Waals surface area (Å²) in [7, 11) is 1.71. The molecule has 0 saturated heterocycles. The third-order valence-electron chi connectivity index (χ3n) is 4.08. The Bertz CT molecular complexity index is 829. The molecule has 0 radical (unpaired) electrons. The van der Waals surface area contributed by atoms with E-state index in [9.17, 15) is 0 Å². The molecule has 3 rings (SSSR count). The van der Waals surface area contributed by atoms with Gasteiger partial charge in [0.15, 0.2) is 11.0 Å². The van der Waals surface area contributed by atoms with Gasteiger partial charge < -0.3 is 9.30 Å². The molecular formula is C17H22N6OS. The summed E-state index contributed by atoms with van der Waals surface area (Å²) in [5, 5.41) is 13.2. The summed E-state index contributed by atoms with van der Waals surface area (Å²) >= 11 is 1.66. The fraction of sp³-hybridized carbons (Fsp3) is 0.412. The maximum absolute atomic E-state index is 5.22. The van der Waals surface area contributed by atoms with Gasteiger partial charge in [0.25, 0.3) is 0 Å². The van der Waals surface area contributed by atoms with E-state index in [4.69, 9.17) is 9.72 Å². The van der Waals surface area contributed by atoms with Gasteiger partial charge in [-0.1, -0.05) is 30.0 Å². The van der Waals surface area contributed by atoms with Crippen molar-refractivity contribution in [2.24, 2.45) is 0 Å². The number of benzene rings is 1. The third kappa shape index (κ3) is 3.74. The Labute approximate surface area is 151 Å². The van der Waals surface area contributed by atoms with Crippen LogP contribution in [-0.2, 0) is 11.3 Å². The Hall–Kier alpha value is -2.19. The van der Waals surface area contributed by atoms with Crippen LogP contribution in [0.5, 0.6) is 0 Å². The number of hydrogen-bond donors (Lipinski definition) is 0. The molecule has 25 heavy (non-hydrogen) atoms. The summed E-state index contributed by atoms with van der Waals surface area (Å²) in [6.07, 6.45) is 0. The van der Waals surface area contributed by atoms with Crippen LogP contribution in [0.2, 0.25) is 0 Å². The van der Waals surface area contributed by atoms with Gasteiger partial charge >= 0.3 is 0 Å². The van der Waals surface area contributed by atoms with Crippen LogP contribution in [0, 0.1) is 13.8 Å². The lowest BCUT2D eigenvalue weighted by Crippen LogP contribution is -2.09. The number of thioether (sulfide) groups is 1. The van der Waals surface area contributed by atoms with Gasteiger partial charge in [0.2, 0.25) is 0 Å². The van der Waals surface area contributed by atoms with Crippen molar-refractivity contribution < 1.29 is 4.74 Å². The summed E-state index contributed by atoms with van der Waals surface area (Å²) in [6.45, 7) is 7.64. The van der Waals surface area contributed by atoms with E-state index >= 15 is 0 Å². The zero-order chi connectivity index (χ0) is 17.8. The molecule has 7 nitrogen and oxygen atoms in total. The van der Waals surface area contributed by atoms with Crippen LogP contribution < -0.4 is 0 Å².